The summed E-state index contributed by atoms with van der Waals surface area (Å²) >= 11 is 0. The lowest BCUT2D eigenvalue weighted by Gasteiger charge is -2.12. The fourth-order valence-corrected chi connectivity index (χ4v) is 2.89. The summed E-state index contributed by atoms with van der Waals surface area (Å²) in [6.45, 7) is 2.22. The number of rotatable bonds is 4. The number of hydrogen-bond acceptors (Lipinski definition) is 0. The predicted molar refractivity (Wildman–Crippen MR) is 86.6 cm³/mol. The summed E-state index contributed by atoms with van der Waals surface area (Å²) in [6.07, 6.45) is 7.80. The van der Waals surface area contributed by atoms with Crippen LogP contribution in [-0.4, -0.2) is 0 Å². The first-order valence-electron chi connectivity index (χ1n) is 7.33. The lowest BCUT2D eigenvalue weighted by molar-refractivity contribution is 0.955. The van der Waals surface area contributed by atoms with Crippen LogP contribution in [0.4, 0.5) is 0 Å². The molecular formula is C20H20. The highest BCUT2D eigenvalue weighted by atomic mass is 14.2. The van der Waals surface area contributed by atoms with Gasteiger partial charge in [0.15, 0.2) is 0 Å². The van der Waals surface area contributed by atoms with Gasteiger partial charge >= 0.3 is 0 Å². The Bertz CT molecular complexity index is 645. The molecule has 0 saturated heterocycles. The quantitative estimate of drug-likeness (QED) is 0.708. The molecule has 1 aliphatic rings. The van der Waals surface area contributed by atoms with Gasteiger partial charge in [0, 0.05) is 0 Å². The minimum absolute atomic E-state index is 1.08. The molecule has 20 heavy (non-hydrogen) atoms. The lowest BCUT2D eigenvalue weighted by Crippen LogP contribution is -1.97. The van der Waals surface area contributed by atoms with Crippen LogP contribution >= 0.6 is 0 Å². The highest BCUT2D eigenvalue weighted by Crippen LogP contribution is 2.31. The van der Waals surface area contributed by atoms with Crippen LogP contribution in [0.5, 0.6) is 0 Å². The molecule has 0 unspecified atom stereocenters. The van der Waals surface area contributed by atoms with Crippen LogP contribution in [0.15, 0.2) is 72.3 Å². The van der Waals surface area contributed by atoms with E-state index < -0.39 is 0 Å². The molecule has 3 rings (SSSR count). The minimum Gasteiger partial charge on any atom is -0.0798 e. The Morgan fingerprint density at radius 2 is 1.60 bits per heavy atom. The Balaban J connectivity index is 1.82. The van der Waals surface area contributed by atoms with E-state index in [9.17, 15) is 0 Å². The van der Waals surface area contributed by atoms with Crippen LogP contribution in [0, 0.1) is 0 Å². The highest BCUT2D eigenvalue weighted by molar-refractivity contribution is 5.76. The van der Waals surface area contributed by atoms with Crippen LogP contribution < -0.4 is 0 Å². The molecule has 0 atom stereocenters. The lowest BCUT2D eigenvalue weighted by atomic mass is 9.93. The molecule has 0 nitrogen and oxygen atoms in total. The van der Waals surface area contributed by atoms with Crippen LogP contribution in [-0.2, 0) is 12.8 Å². The van der Waals surface area contributed by atoms with Gasteiger partial charge in [-0.25, -0.2) is 0 Å². The van der Waals surface area contributed by atoms with Gasteiger partial charge in [-0.05, 0) is 54.0 Å². The van der Waals surface area contributed by atoms with Gasteiger partial charge in [-0.15, -0.1) is 0 Å². The van der Waals surface area contributed by atoms with Crippen LogP contribution in [0.2, 0.25) is 0 Å². The van der Waals surface area contributed by atoms with Gasteiger partial charge in [0.2, 0.25) is 0 Å². The summed E-state index contributed by atoms with van der Waals surface area (Å²) in [7, 11) is 0. The molecule has 0 amide bonds. The van der Waals surface area contributed by atoms with Crippen molar-refractivity contribution in [3.05, 3.63) is 89.0 Å². The van der Waals surface area contributed by atoms with E-state index in [1.165, 1.54) is 27.8 Å². The first-order valence-corrected chi connectivity index (χ1v) is 7.33. The number of allylic oxidation sites excluding steroid dienone is 4. The molecule has 0 aliphatic heterocycles. The Morgan fingerprint density at radius 3 is 2.35 bits per heavy atom. The second-order valence-electron chi connectivity index (χ2n) is 5.41. The number of aryl methyl sites for hydroxylation is 2. The Morgan fingerprint density at radius 1 is 0.850 bits per heavy atom. The van der Waals surface area contributed by atoms with Gasteiger partial charge in [-0.2, -0.15) is 0 Å². The van der Waals surface area contributed by atoms with E-state index in [-0.39, 0.29) is 0 Å². The zero-order valence-corrected chi connectivity index (χ0v) is 12.0. The highest BCUT2D eigenvalue weighted by Gasteiger charge is 2.11. The maximum absolute atomic E-state index is 2.27. The summed E-state index contributed by atoms with van der Waals surface area (Å²) in [4.78, 5) is 0. The molecule has 2 aromatic carbocycles. The molecule has 1 aliphatic carbocycles. The standard InChI is InChI=1S/C20H20/c1-16-8-7-13-19(16)20-12-6-5-11-18(20)15-14-17-9-3-2-4-10-17/h2-12H,13-15H2,1H3. The third-order valence-corrected chi connectivity index (χ3v) is 4.03. The predicted octanol–water partition coefficient (Wildman–Crippen LogP) is 5.21. The van der Waals surface area contributed by atoms with Gasteiger partial charge in [-0.3, -0.25) is 0 Å². The van der Waals surface area contributed by atoms with Crippen molar-refractivity contribution in [1.29, 1.82) is 0 Å². The van der Waals surface area contributed by atoms with Crippen molar-refractivity contribution in [2.24, 2.45) is 0 Å². The largest absolute Gasteiger partial charge is 0.0798 e. The van der Waals surface area contributed by atoms with Gasteiger partial charge in [0.25, 0.3) is 0 Å². The van der Waals surface area contributed by atoms with Gasteiger partial charge in [0.1, 0.15) is 0 Å². The average molecular weight is 260 g/mol. The maximum atomic E-state index is 2.27. The van der Waals surface area contributed by atoms with E-state index in [0.29, 0.717) is 0 Å². The van der Waals surface area contributed by atoms with Crippen LogP contribution in [0.25, 0.3) is 5.57 Å². The second kappa shape index (κ2) is 5.92. The normalized spacial score (nSPS) is 14.1. The molecule has 0 N–H and O–H groups in total. The third kappa shape index (κ3) is 2.75. The molecule has 0 radical (unpaired) electrons. The van der Waals surface area contributed by atoms with Gasteiger partial charge in [0.05, 0.1) is 0 Å². The molecule has 0 saturated carbocycles. The molecular weight excluding hydrogens is 240 g/mol. The molecule has 100 valence electrons. The Kier molecular flexibility index (Phi) is 3.83. The SMILES string of the molecule is CC1=C(c2ccccc2CCc2ccccc2)CC=C1. The van der Waals surface area contributed by atoms with Crippen molar-refractivity contribution in [1.82, 2.24) is 0 Å². The maximum Gasteiger partial charge on any atom is -0.00856 e. The van der Waals surface area contributed by atoms with Crippen LogP contribution in [0.3, 0.4) is 0 Å². The summed E-state index contributed by atoms with van der Waals surface area (Å²) in [6, 6.07) is 19.6. The van der Waals surface area contributed by atoms with Crippen molar-refractivity contribution in [2.45, 2.75) is 26.2 Å². The molecule has 0 heteroatoms. The van der Waals surface area contributed by atoms with Crippen molar-refractivity contribution < 1.29 is 0 Å². The first kappa shape index (κ1) is 12.9. The molecule has 2 aromatic rings. The van der Waals surface area contributed by atoms with E-state index in [1.807, 2.05) is 0 Å². The third-order valence-electron chi connectivity index (χ3n) is 4.03. The summed E-state index contributed by atoms with van der Waals surface area (Å²) in [5.41, 5.74) is 7.23. The van der Waals surface area contributed by atoms with Crippen molar-refractivity contribution in [2.75, 3.05) is 0 Å². The van der Waals surface area contributed by atoms with Crippen molar-refractivity contribution in [3.8, 4) is 0 Å². The molecule has 0 spiro atoms. The van der Waals surface area contributed by atoms with E-state index in [0.717, 1.165) is 19.3 Å². The van der Waals surface area contributed by atoms with E-state index >= 15 is 0 Å². The summed E-state index contributed by atoms with van der Waals surface area (Å²) in [5.74, 6) is 0. The molecule has 0 aromatic heterocycles. The van der Waals surface area contributed by atoms with E-state index in [1.54, 1.807) is 0 Å². The zero-order valence-electron chi connectivity index (χ0n) is 12.0. The van der Waals surface area contributed by atoms with Crippen molar-refractivity contribution >= 4 is 5.57 Å². The number of hydrogen-bond donors (Lipinski definition) is 0. The molecule has 0 bridgehead atoms. The smallest absolute Gasteiger partial charge is 0.00856 e. The summed E-state index contributed by atoms with van der Waals surface area (Å²) < 4.78 is 0. The fraction of sp³-hybridized carbons (Fsp3) is 0.200. The van der Waals surface area contributed by atoms with E-state index in [2.05, 4.69) is 73.7 Å². The fourth-order valence-electron chi connectivity index (χ4n) is 2.89. The first-order chi connectivity index (χ1) is 9.84. The second-order valence-corrected chi connectivity index (χ2v) is 5.41. The van der Waals surface area contributed by atoms with Gasteiger partial charge in [-0.1, -0.05) is 66.7 Å². The molecule has 0 fully saturated rings. The topological polar surface area (TPSA) is 0 Å². The monoisotopic (exact) mass is 260 g/mol. The summed E-state index contributed by atoms with van der Waals surface area (Å²) in [5, 5.41) is 0. The van der Waals surface area contributed by atoms with Crippen molar-refractivity contribution in [3.63, 3.8) is 0 Å². The van der Waals surface area contributed by atoms with Crippen LogP contribution in [0.1, 0.15) is 30.0 Å². The number of benzene rings is 2. The van der Waals surface area contributed by atoms with E-state index in [4.69, 9.17) is 0 Å². The molecule has 0 heterocycles. The Hall–Kier alpha value is -2.08. The van der Waals surface area contributed by atoms with Gasteiger partial charge < -0.3 is 0 Å². The zero-order chi connectivity index (χ0) is 13.8. The Labute approximate surface area is 121 Å². The minimum atomic E-state index is 1.08. The average Bonchev–Trinajstić information content (AvgIpc) is 2.92.